The molecule has 1 saturated heterocycles. The summed E-state index contributed by atoms with van der Waals surface area (Å²) in [6.07, 6.45) is 1.73. The SMILES string of the molecule is CCS(=O)(=O)C1CSCCN1c1ccc(C(C)N)cn1. The van der Waals surface area contributed by atoms with Crippen LogP contribution in [0.5, 0.6) is 0 Å². The van der Waals surface area contributed by atoms with E-state index >= 15 is 0 Å². The van der Waals surface area contributed by atoms with Crippen LogP contribution in [0.15, 0.2) is 18.3 Å². The Kier molecular flexibility index (Phi) is 4.93. The number of hydrogen-bond donors (Lipinski definition) is 1. The number of thioether (sulfide) groups is 1. The highest BCUT2D eigenvalue weighted by Gasteiger charge is 2.33. The van der Waals surface area contributed by atoms with E-state index in [2.05, 4.69) is 4.98 Å². The van der Waals surface area contributed by atoms with Gasteiger partial charge in [0.15, 0.2) is 9.84 Å². The van der Waals surface area contributed by atoms with E-state index in [1.54, 1.807) is 24.9 Å². The Labute approximate surface area is 124 Å². The lowest BCUT2D eigenvalue weighted by Crippen LogP contribution is -2.48. The highest BCUT2D eigenvalue weighted by molar-refractivity contribution is 8.01. The fraction of sp³-hybridized carbons (Fsp3) is 0.615. The highest BCUT2D eigenvalue weighted by Crippen LogP contribution is 2.26. The van der Waals surface area contributed by atoms with Crippen LogP contribution >= 0.6 is 11.8 Å². The fourth-order valence-electron chi connectivity index (χ4n) is 2.17. The Balaban J connectivity index is 2.28. The Bertz CT molecular complexity index is 543. The van der Waals surface area contributed by atoms with Gasteiger partial charge in [0, 0.05) is 36.0 Å². The molecule has 1 aromatic rings. The van der Waals surface area contributed by atoms with Gasteiger partial charge in [-0.1, -0.05) is 13.0 Å². The molecule has 1 aromatic heterocycles. The largest absolute Gasteiger partial charge is 0.338 e. The standard InChI is InChI=1S/C13H21N3O2S2/c1-3-20(17,18)13-9-19-7-6-16(13)12-5-4-11(8-15-12)10(2)14/h4-5,8,10,13H,3,6-7,9,14H2,1-2H3. The maximum absolute atomic E-state index is 12.2. The summed E-state index contributed by atoms with van der Waals surface area (Å²) in [7, 11) is -3.10. The zero-order valence-electron chi connectivity index (χ0n) is 11.8. The molecule has 1 aliphatic rings. The summed E-state index contributed by atoms with van der Waals surface area (Å²) in [6.45, 7) is 4.30. The minimum Gasteiger partial charge on any atom is -0.338 e. The van der Waals surface area contributed by atoms with Crippen LogP contribution in [-0.4, -0.2) is 42.6 Å². The molecule has 0 aromatic carbocycles. The van der Waals surface area contributed by atoms with Gasteiger partial charge in [0.2, 0.25) is 0 Å². The summed E-state index contributed by atoms with van der Waals surface area (Å²) >= 11 is 1.68. The molecular weight excluding hydrogens is 294 g/mol. The third-order valence-corrected chi connectivity index (χ3v) is 6.78. The summed E-state index contributed by atoms with van der Waals surface area (Å²) in [5.74, 6) is 2.41. The van der Waals surface area contributed by atoms with Gasteiger partial charge in [-0.05, 0) is 18.6 Å². The van der Waals surface area contributed by atoms with Crippen molar-refractivity contribution >= 4 is 27.4 Å². The van der Waals surface area contributed by atoms with E-state index in [0.717, 1.165) is 17.1 Å². The average Bonchev–Trinajstić information content (AvgIpc) is 2.47. The number of nitrogens with zero attached hydrogens (tertiary/aromatic N) is 2. The number of pyridine rings is 1. The van der Waals surface area contributed by atoms with Gasteiger partial charge in [-0.3, -0.25) is 0 Å². The van der Waals surface area contributed by atoms with Gasteiger partial charge in [-0.2, -0.15) is 11.8 Å². The molecule has 7 heteroatoms. The average molecular weight is 315 g/mol. The molecule has 5 nitrogen and oxygen atoms in total. The second kappa shape index (κ2) is 6.32. The first-order valence-corrected chi connectivity index (χ1v) is 9.60. The van der Waals surface area contributed by atoms with Crippen LogP contribution in [0.25, 0.3) is 0 Å². The van der Waals surface area contributed by atoms with Crippen molar-refractivity contribution in [2.75, 3.05) is 28.7 Å². The van der Waals surface area contributed by atoms with E-state index in [1.165, 1.54) is 0 Å². The molecule has 2 atom stereocenters. The maximum atomic E-state index is 12.2. The Hall–Kier alpha value is -0.790. The molecule has 20 heavy (non-hydrogen) atoms. The van der Waals surface area contributed by atoms with E-state index in [9.17, 15) is 8.42 Å². The van der Waals surface area contributed by atoms with Crippen molar-refractivity contribution in [3.05, 3.63) is 23.9 Å². The molecule has 0 bridgehead atoms. The van der Waals surface area contributed by atoms with E-state index < -0.39 is 15.2 Å². The van der Waals surface area contributed by atoms with E-state index in [1.807, 2.05) is 24.0 Å². The van der Waals surface area contributed by atoms with Gasteiger partial charge in [-0.15, -0.1) is 0 Å². The molecule has 0 saturated carbocycles. The first-order chi connectivity index (χ1) is 9.45. The number of anilines is 1. The molecule has 2 rings (SSSR count). The summed E-state index contributed by atoms with van der Waals surface area (Å²) in [5.41, 5.74) is 6.76. The molecular formula is C13H21N3O2S2. The lowest BCUT2D eigenvalue weighted by atomic mass is 10.1. The molecule has 2 N–H and O–H groups in total. The monoisotopic (exact) mass is 315 g/mol. The molecule has 0 spiro atoms. The predicted molar refractivity (Wildman–Crippen MR) is 84.8 cm³/mol. The Morgan fingerprint density at radius 2 is 2.30 bits per heavy atom. The minimum absolute atomic E-state index is 0.0661. The smallest absolute Gasteiger partial charge is 0.171 e. The minimum atomic E-state index is -3.10. The van der Waals surface area contributed by atoms with Gasteiger partial charge >= 0.3 is 0 Å². The van der Waals surface area contributed by atoms with Crippen molar-refractivity contribution in [1.82, 2.24) is 4.98 Å². The number of sulfone groups is 1. The number of aromatic nitrogens is 1. The van der Waals surface area contributed by atoms with Crippen LogP contribution in [0.1, 0.15) is 25.5 Å². The molecule has 0 radical (unpaired) electrons. The number of hydrogen-bond acceptors (Lipinski definition) is 6. The fourth-order valence-corrected chi connectivity index (χ4v) is 5.15. The molecule has 1 aliphatic heterocycles. The molecule has 2 unspecified atom stereocenters. The Morgan fingerprint density at radius 3 is 2.85 bits per heavy atom. The van der Waals surface area contributed by atoms with Crippen molar-refractivity contribution in [3.8, 4) is 0 Å². The zero-order chi connectivity index (χ0) is 14.8. The third kappa shape index (κ3) is 3.27. The predicted octanol–water partition coefficient (Wildman–Crippen LogP) is 1.42. The highest BCUT2D eigenvalue weighted by atomic mass is 32.2. The van der Waals surface area contributed by atoms with Crippen molar-refractivity contribution in [2.24, 2.45) is 5.73 Å². The third-order valence-electron chi connectivity index (χ3n) is 3.49. The molecule has 2 heterocycles. The van der Waals surface area contributed by atoms with Gasteiger partial charge in [0.1, 0.15) is 11.2 Å². The molecule has 1 fully saturated rings. The number of nitrogens with two attached hydrogens (primary N) is 1. The van der Waals surface area contributed by atoms with E-state index in [4.69, 9.17) is 5.73 Å². The van der Waals surface area contributed by atoms with Gasteiger partial charge in [0.05, 0.1) is 0 Å². The zero-order valence-corrected chi connectivity index (χ0v) is 13.5. The van der Waals surface area contributed by atoms with Crippen LogP contribution in [-0.2, 0) is 9.84 Å². The van der Waals surface area contributed by atoms with Gasteiger partial charge in [0.25, 0.3) is 0 Å². The van der Waals surface area contributed by atoms with Crippen LogP contribution in [0.2, 0.25) is 0 Å². The van der Waals surface area contributed by atoms with E-state index in [-0.39, 0.29) is 11.8 Å². The summed E-state index contributed by atoms with van der Waals surface area (Å²) < 4.78 is 24.4. The lowest BCUT2D eigenvalue weighted by molar-refractivity contribution is 0.579. The van der Waals surface area contributed by atoms with Gasteiger partial charge in [-0.25, -0.2) is 13.4 Å². The Morgan fingerprint density at radius 1 is 1.55 bits per heavy atom. The van der Waals surface area contributed by atoms with Crippen molar-refractivity contribution in [1.29, 1.82) is 0 Å². The second-order valence-electron chi connectivity index (χ2n) is 4.91. The maximum Gasteiger partial charge on any atom is 0.171 e. The first-order valence-electron chi connectivity index (χ1n) is 6.73. The molecule has 0 aliphatic carbocycles. The van der Waals surface area contributed by atoms with E-state index in [0.29, 0.717) is 12.3 Å². The normalized spacial score (nSPS) is 21.8. The number of rotatable bonds is 4. The summed E-state index contributed by atoms with van der Waals surface area (Å²) in [4.78, 5) is 6.30. The van der Waals surface area contributed by atoms with Crippen LogP contribution in [0.3, 0.4) is 0 Å². The van der Waals surface area contributed by atoms with Crippen molar-refractivity contribution in [3.63, 3.8) is 0 Å². The lowest BCUT2D eigenvalue weighted by Gasteiger charge is -2.35. The van der Waals surface area contributed by atoms with Crippen LogP contribution in [0, 0.1) is 0 Å². The molecule has 112 valence electrons. The van der Waals surface area contributed by atoms with Crippen LogP contribution in [0.4, 0.5) is 5.82 Å². The van der Waals surface area contributed by atoms with Gasteiger partial charge < -0.3 is 10.6 Å². The quantitative estimate of drug-likeness (QED) is 0.905. The topological polar surface area (TPSA) is 76.3 Å². The van der Waals surface area contributed by atoms with Crippen LogP contribution < -0.4 is 10.6 Å². The summed E-state index contributed by atoms with van der Waals surface area (Å²) in [5, 5.41) is -0.472. The summed E-state index contributed by atoms with van der Waals surface area (Å²) in [6, 6.07) is 3.72. The van der Waals surface area contributed by atoms with Crippen molar-refractivity contribution < 1.29 is 8.42 Å². The van der Waals surface area contributed by atoms with Crippen molar-refractivity contribution in [2.45, 2.75) is 25.3 Å². The first kappa shape index (κ1) is 15.6. The second-order valence-corrected chi connectivity index (χ2v) is 8.51. The molecule has 0 amide bonds.